The summed E-state index contributed by atoms with van der Waals surface area (Å²) >= 11 is 0. The molecule has 11 heavy (non-hydrogen) atoms. The van der Waals surface area contributed by atoms with Crippen LogP contribution in [-0.4, -0.2) is 11.7 Å². The van der Waals surface area contributed by atoms with Gasteiger partial charge in [-0.3, -0.25) is 4.79 Å². The maximum Gasteiger partial charge on any atom is 0.330 e. The summed E-state index contributed by atoms with van der Waals surface area (Å²) in [4.78, 5) is 11.6. The van der Waals surface area contributed by atoms with Crippen molar-refractivity contribution in [2.24, 2.45) is 0 Å². The van der Waals surface area contributed by atoms with Crippen LogP contribution in [0.1, 0.15) is 46.0 Å². The third kappa shape index (κ3) is 26.5. The minimum atomic E-state index is -0.0694. The molecule has 3 nitrogen and oxygen atoms in total. The summed E-state index contributed by atoms with van der Waals surface area (Å²) in [5.41, 5.74) is 0. The normalized spacial score (nSPS) is 7.91. The molecule has 0 heterocycles. The third-order valence-corrected chi connectivity index (χ3v) is 1.25. The Labute approximate surface area is 68.3 Å². The van der Waals surface area contributed by atoms with Gasteiger partial charge in [0.15, 0.2) is 0 Å². The molecule has 0 aliphatic carbocycles. The molecule has 0 aliphatic heterocycles. The first-order valence-electron chi connectivity index (χ1n) is 4.07. The van der Waals surface area contributed by atoms with Gasteiger partial charge in [-0.2, -0.15) is 0 Å². The summed E-state index contributed by atoms with van der Waals surface area (Å²) in [5.74, 6) is 0. The van der Waals surface area contributed by atoms with E-state index < -0.39 is 0 Å². The molecule has 0 aromatic carbocycles. The van der Waals surface area contributed by atoms with E-state index in [0.717, 1.165) is 0 Å². The Bertz CT molecular complexity index is 60.4. The molecule has 1 N–H and O–H groups in total. The second kappa shape index (κ2) is 16.2. The van der Waals surface area contributed by atoms with Crippen LogP contribution in [0.5, 0.6) is 0 Å². The largest absolute Gasteiger partial charge is 0.330 e. The van der Waals surface area contributed by atoms with Gasteiger partial charge in [-0.25, -0.2) is 5.26 Å². The van der Waals surface area contributed by atoms with Crippen LogP contribution in [-0.2, 0) is 9.68 Å². The number of rotatable bonds is 5. The molecule has 3 heteroatoms. The molecule has 68 valence electrons. The standard InChI is InChI=1S/C7H16.CH2O3/c1-3-5-7-6-4-2;2-1-4-3/h3-7H2,1-2H3;1,3H. The van der Waals surface area contributed by atoms with Gasteiger partial charge in [0.05, 0.1) is 0 Å². The molecule has 0 aliphatic rings. The molecule has 0 saturated carbocycles. The Kier molecular flexibility index (Phi) is 19.2. The van der Waals surface area contributed by atoms with Crippen molar-refractivity contribution >= 4 is 6.47 Å². The highest BCUT2D eigenvalue weighted by Gasteiger charge is 1.80. The second-order valence-corrected chi connectivity index (χ2v) is 2.26. The van der Waals surface area contributed by atoms with E-state index in [1.54, 1.807) is 0 Å². The summed E-state index contributed by atoms with van der Waals surface area (Å²) in [7, 11) is 0. The van der Waals surface area contributed by atoms with Crippen molar-refractivity contribution in [1.82, 2.24) is 0 Å². The Morgan fingerprint density at radius 3 is 1.73 bits per heavy atom. The lowest BCUT2D eigenvalue weighted by Crippen LogP contribution is -1.70. The van der Waals surface area contributed by atoms with E-state index in [1.165, 1.54) is 32.1 Å². The third-order valence-electron chi connectivity index (χ3n) is 1.25. The molecule has 0 spiro atoms. The fourth-order valence-corrected chi connectivity index (χ4v) is 0.677. The fourth-order valence-electron chi connectivity index (χ4n) is 0.677. The van der Waals surface area contributed by atoms with Crippen molar-refractivity contribution < 1.29 is 14.9 Å². The SMILES string of the molecule is CCCCCCC.O=COO. The van der Waals surface area contributed by atoms with Gasteiger partial charge < -0.3 is 4.89 Å². The zero-order valence-electron chi connectivity index (χ0n) is 7.38. The predicted molar refractivity (Wildman–Crippen MR) is 44.2 cm³/mol. The fraction of sp³-hybridized carbons (Fsp3) is 0.875. The molecular formula is C8H18O3. The van der Waals surface area contributed by atoms with Crippen LogP contribution < -0.4 is 0 Å². The van der Waals surface area contributed by atoms with Crippen LogP contribution in [0.2, 0.25) is 0 Å². The molecule has 0 rings (SSSR count). The van der Waals surface area contributed by atoms with E-state index in [4.69, 9.17) is 10.1 Å². The smallest absolute Gasteiger partial charge is 0.304 e. The van der Waals surface area contributed by atoms with Crippen molar-refractivity contribution in [3.05, 3.63) is 0 Å². The maximum absolute atomic E-state index is 8.70. The van der Waals surface area contributed by atoms with Gasteiger partial charge in [0.1, 0.15) is 0 Å². The zero-order chi connectivity index (χ0) is 8.95. The second-order valence-electron chi connectivity index (χ2n) is 2.26. The average molecular weight is 162 g/mol. The summed E-state index contributed by atoms with van der Waals surface area (Å²) in [5, 5.41) is 7.01. The molecular weight excluding hydrogens is 144 g/mol. The Morgan fingerprint density at radius 2 is 1.55 bits per heavy atom. The van der Waals surface area contributed by atoms with Crippen LogP contribution in [0.3, 0.4) is 0 Å². The van der Waals surface area contributed by atoms with E-state index in [0.29, 0.717) is 0 Å². The van der Waals surface area contributed by atoms with Gasteiger partial charge in [-0.1, -0.05) is 46.0 Å². The first-order valence-corrected chi connectivity index (χ1v) is 4.07. The van der Waals surface area contributed by atoms with Crippen molar-refractivity contribution in [3.8, 4) is 0 Å². The number of hydrogen-bond donors (Lipinski definition) is 1. The Morgan fingerprint density at radius 1 is 1.18 bits per heavy atom. The van der Waals surface area contributed by atoms with Crippen molar-refractivity contribution in [2.45, 2.75) is 46.0 Å². The molecule has 0 amide bonds. The monoisotopic (exact) mass is 162 g/mol. The highest BCUT2D eigenvalue weighted by Crippen LogP contribution is 2.00. The zero-order valence-corrected chi connectivity index (χ0v) is 7.38. The Balaban J connectivity index is 0. The van der Waals surface area contributed by atoms with Crippen LogP contribution in [0.25, 0.3) is 0 Å². The highest BCUT2D eigenvalue weighted by molar-refractivity contribution is 5.35. The van der Waals surface area contributed by atoms with Gasteiger partial charge in [-0.15, -0.1) is 0 Å². The van der Waals surface area contributed by atoms with E-state index in [-0.39, 0.29) is 6.47 Å². The summed E-state index contributed by atoms with van der Waals surface area (Å²) in [6.45, 7) is 4.42. The molecule has 0 aromatic rings. The van der Waals surface area contributed by atoms with Gasteiger partial charge in [-0.05, 0) is 0 Å². The minimum Gasteiger partial charge on any atom is -0.304 e. The van der Waals surface area contributed by atoms with Gasteiger partial charge in [0.25, 0.3) is 0 Å². The molecule has 0 fully saturated rings. The van der Waals surface area contributed by atoms with Crippen molar-refractivity contribution in [1.29, 1.82) is 0 Å². The lowest BCUT2D eigenvalue weighted by Gasteiger charge is -1.90. The first-order chi connectivity index (χ1) is 5.33. The van der Waals surface area contributed by atoms with Crippen LogP contribution in [0.15, 0.2) is 0 Å². The topological polar surface area (TPSA) is 46.5 Å². The minimum absolute atomic E-state index is 0.0694. The Hall–Kier alpha value is -0.570. The van der Waals surface area contributed by atoms with Crippen molar-refractivity contribution in [3.63, 3.8) is 0 Å². The number of hydrogen-bond acceptors (Lipinski definition) is 3. The van der Waals surface area contributed by atoms with E-state index in [1.807, 2.05) is 0 Å². The molecule has 0 radical (unpaired) electrons. The maximum atomic E-state index is 8.70. The van der Waals surface area contributed by atoms with Gasteiger partial charge in [0, 0.05) is 0 Å². The molecule has 0 bridgehead atoms. The number of unbranched alkanes of at least 4 members (excludes halogenated alkanes) is 4. The number of carbonyl (C=O) groups is 1. The lowest BCUT2D eigenvalue weighted by molar-refractivity contribution is -0.217. The van der Waals surface area contributed by atoms with Gasteiger partial charge >= 0.3 is 6.47 Å². The predicted octanol–water partition coefficient (Wildman–Crippen LogP) is 2.61. The summed E-state index contributed by atoms with van der Waals surface area (Å²) in [6.07, 6.45) is 7.01. The van der Waals surface area contributed by atoms with Gasteiger partial charge in [0.2, 0.25) is 0 Å². The lowest BCUT2D eigenvalue weighted by atomic mass is 10.2. The highest BCUT2D eigenvalue weighted by atomic mass is 17.1. The van der Waals surface area contributed by atoms with E-state index in [2.05, 4.69) is 18.7 Å². The van der Waals surface area contributed by atoms with Crippen LogP contribution in [0.4, 0.5) is 0 Å². The molecule has 0 saturated heterocycles. The van der Waals surface area contributed by atoms with Crippen molar-refractivity contribution in [2.75, 3.05) is 0 Å². The number of carbonyl (C=O) groups excluding carboxylic acids is 1. The van der Waals surface area contributed by atoms with Crippen LogP contribution >= 0.6 is 0 Å². The average Bonchev–Trinajstić information content (AvgIpc) is 2.06. The van der Waals surface area contributed by atoms with E-state index >= 15 is 0 Å². The molecule has 0 aromatic heterocycles. The van der Waals surface area contributed by atoms with E-state index in [9.17, 15) is 0 Å². The molecule has 0 unspecified atom stereocenters. The quantitative estimate of drug-likeness (QED) is 0.292. The molecule has 0 atom stereocenters. The first kappa shape index (κ1) is 13.1. The summed E-state index contributed by atoms with van der Waals surface area (Å²) < 4.78 is 0. The summed E-state index contributed by atoms with van der Waals surface area (Å²) in [6, 6.07) is 0. The van der Waals surface area contributed by atoms with Crippen LogP contribution in [0, 0.1) is 0 Å².